The van der Waals surface area contributed by atoms with Gasteiger partial charge in [-0.2, -0.15) is 4.99 Å². The zero-order valence-corrected chi connectivity index (χ0v) is 19.9. The van der Waals surface area contributed by atoms with Crippen LogP contribution >= 0.6 is 0 Å². The fourth-order valence-corrected chi connectivity index (χ4v) is 3.78. The Kier molecular flexibility index (Phi) is 7.05. The van der Waals surface area contributed by atoms with Crippen LogP contribution in [-0.4, -0.2) is 39.5 Å². The second kappa shape index (κ2) is 10.3. The van der Waals surface area contributed by atoms with Crippen molar-refractivity contribution in [2.75, 3.05) is 13.7 Å². The molecule has 1 aromatic carbocycles. The van der Waals surface area contributed by atoms with Crippen molar-refractivity contribution in [3.63, 3.8) is 0 Å². The van der Waals surface area contributed by atoms with Gasteiger partial charge in [0.2, 0.25) is 0 Å². The number of esters is 1. The van der Waals surface area contributed by atoms with Gasteiger partial charge in [-0.3, -0.25) is 14.0 Å². The number of carbonyl (C=O) groups excluding carboxylic acids is 2. The third-order valence-electron chi connectivity index (χ3n) is 5.56. The average molecular weight is 475 g/mol. The van der Waals surface area contributed by atoms with Gasteiger partial charge in [-0.1, -0.05) is 19.4 Å². The Bertz CT molecular complexity index is 1530. The molecule has 35 heavy (non-hydrogen) atoms. The van der Waals surface area contributed by atoms with E-state index in [4.69, 9.17) is 9.47 Å². The predicted molar refractivity (Wildman–Crippen MR) is 131 cm³/mol. The summed E-state index contributed by atoms with van der Waals surface area (Å²) in [6.45, 7) is 4.25. The van der Waals surface area contributed by atoms with Crippen LogP contribution < -0.4 is 15.8 Å². The first-order valence-corrected chi connectivity index (χ1v) is 11.4. The summed E-state index contributed by atoms with van der Waals surface area (Å²) in [4.78, 5) is 48.4. The highest BCUT2D eigenvalue weighted by Gasteiger charge is 2.20. The van der Waals surface area contributed by atoms with Crippen molar-refractivity contribution in [3.05, 3.63) is 81.7 Å². The number of fused-ring (bicyclic) bond motifs is 2. The number of aryl methyl sites for hydroxylation is 1. The SMILES string of the molecule is CCCCn1c(=NC(=O)c2ccc(OC)cc2)c(C(=O)OCC)cc2c(=O)n3ccccc3nc21. The summed E-state index contributed by atoms with van der Waals surface area (Å²) >= 11 is 0. The van der Waals surface area contributed by atoms with Crippen molar-refractivity contribution >= 4 is 28.6 Å². The molecule has 0 aliphatic rings. The normalized spacial score (nSPS) is 11.7. The Morgan fingerprint density at radius 2 is 1.86 bits per heavy atom. The van der Waals surface area contributed by atoms with Crippen LogP contribution in [0.5, 0.6) is 5.75 Å². The molecule has 0 aliphatic carbocycles. The molecule has 0 bridgehead atoms. The summed E-state index contributed by atoms with van der Waals surface area (Å²) in [6, 6.07) is 13.2. The van der Waals surface area contributed by atoms with Crippen molar-refractivity contribution in [2.24, 2.45) is 4.99 Å². The number of aromatic nitrogens is 3. The maximum absolute atomic E-state index is 13.3. The zero-order chi connectivity index (χ0) is 24.9. The van der Waals surface area contributed by atoms with Gasteiger partial charge < -0.3 is 14.0 Å². The Morgan fingerprint density at radius 1 is 1.09 bits per heavy atom. The van der Waals surface area contributed by atoms with Crippen LogP contribution in [0.4, 0.5) is 0 Å². The number of benzene rings is 1. The van der Waals surface area contributed by atoms with Gasteiger partial charge in [-0.25, -0.2) is 9.78 Å². The van der Waals surface area contributed by atoms with E-state index in [-0.39, 0.29) is 28.6 Å². The quantitative estimate of drug-likeness (QED) is 0.300. The molecule has 0 saturated carbocycles. The second-order valence-corrected chi connectivity index (χ2v) is 7.84. The van der Waals surface area contributed by atoms with Gasteiger partial charge in [0, 0.05) is 18.3 Å². The minimum atomic E-state index is -0.668. The molecule has 0 aliphatic heterocycles. The number of ether oxygens (including phenoxy) is 2. The first-order chi connectivity index (χ1) is 17.0. The first-order valence-electron chi connectivity index (χ1n) is 11.4. The van der Waals surface area contributed by atoms with Gasteiger partial charge in [0.25, 0.3) is 11.5 Å². The molecule has 0 atom stereocenters. The Hall–Kier alpha value is -4.27. The van der Waals surface area contributed by atoms with Crippen LogP contribution in [0.3, 0.4) is 0 Å². The fourth-order valence-electron chi connectivity index (χ4n) is 3.78. The lowest BCUT2D eigenvalue weighted by Crippen LogP contribution is -2.32. The van der Waals surface area contributed by atoms with Gasteiger partial charge >= 0.3 is 5.97 Å². The molecule has 0 spiro atoms. The van der Waals surface area contributed by atoms with Gasteiger partial charge in [-0.15, -0.1) is 0 Å². The lowest BCUT2D eigenvalue weighted by Gasteiger charge is -2.15. The number of amides is 1. The summed E-state index contributed by atoms with van der Waals surface area (Å²) in [5.41, 5.74) is 0.948. The van der Waals surface area contributed by atoms with Gasteiger partial charge in [0.1, 0.15) is 22.6 Å². The van der Waals surface area contributed by atoms with E-state index < -0.39 is 11.9 Å². The third kappa shape index (κ3) is 4.70. The molecule has 3 aromatic heterocycles. The van der Waals surface area contributed by atoms with Crippen molar-refractivity contribution in [1.82, 2.24) is 14.0 Å². The molecule has 180 valence electrons. The van der Waals surface area contributed by atoms with E-state index in [9.17, 15) is 14.4 Å². The Morgan fingerprint density at radius 3 is 2.54 bits per heavy atom. The summed E-state index contributed by atoms with van der Waals surface area (Å²) in [7, 11) is 1.54. The molecule has 0 saturated heterocycles. The number of pyridine rings is 2. The van der Waals surface area contributed by atoms with Crippen molar-refractivity contribution in [1.29, 1.82) is 0 Å². The number of hydrogen-bond donors (Lipinski definition) is 0. The predicted octanol–water partition coefficient (Wildman–Crippen LogP) is 3.38. The topological polar surface area (TPSA) is 104 Å². The maximum atomic E-state index is 13.3. The second-order valence-electron chi connectivity index (χ2n) is 7.84. The van der Waals surface area contributed by atoms with Crippen LogP contribution in [0.2, 0.25) is 0 Å². The van der Waals surface area contributed by atoms with Gasteiger partial charge in [0.15, 0.2) is 5.49 Å². The number of nitrogens with zero attached hydrogens (tertiary/aromatic N) is 4. The molecule has 0 radical (unpaired) electrons. The van der Waals surface area contributed by atoms with Crippen LogP contribution in [0.1, 0.15) is 47.4 Å². The number of hydrogen-bond acceptors (Lipinski definition) is 6. The van der Waals surface area contributed by atoms with Crippen molar-refractivity contribution in [2.45, 2.75) is 33.2 Å². The molecule has 0 unspecified atom stereocenters. The highest BCUT2D eigenvalue weighted by molar-refractivity contribution is 5.97. The van der Waals surface area contributed by atoms with E-state index in [1.165, 1.54) is 17.6 Å². The van der Waals surface area contributed by atoms with E-state index >= 15 is 0 Å². The van der Waals surface area contributed by atoms with Crippen molar-refractivity contribution < 1.29 is 19.1 Å². The molecule has 4 aromatic rings. The lowest BCUT2D eigenvalue weighted by molar-refractivity contribution is 0.0523. The Labute approximate surface area is 201 Å². The van der Waals surface area contributed by atoms with Crippen LogP contribution in [0.15, 0.2) is 64.5 Å². The summed E-state index contributed by atoms with van der Waals surface area (Å²) in [5.74, 6) is -0.604. The molecule has 0 fully saturated rings. The molecule has 4 rings (SSSR count). The van der Waals surface area contributed by atoms with E-state index in [1.54, 1.807) is 60.2 Å². The standard InChI is InChI=1S/C26H26N4O5/c1-4-6-14-30-22-19(25(32)29-15-8-7-9-21(29)27-22)16-20(26(33)35-5-2)23(30)28-24(31)17-10-12-18(34-3)13-11-17/h7-13,15-16H,4-6,14H2,1-3H3. The number of unbranched alkanes of at least 4 members (excludes halogenated alkanes) is 1. The monoisotopic (exact) mass is 474 g/mol. The molecule has 1 amide bonds. The highest BCUT2D eigenvalue weighted by atomic mass is 16.5. The summed E-state index contributed by atoms with van der Waals surface area (Å²) in [6.07, 6.45) is 3.19. The highest BCUT2D eigenvalue weighted by Crippen LogP contribution is 2.14. The number of carbonyl (C=O) groups is 2. The maximum Gasteiger partial charge on any atom is 0.341 e. The van der Waals surface area contributed by atoms with Crippen molar-refractivity contribution in [3.8, 4) is 5.75 Å². The van der Waals surface area contributed by atoms with E-state index in [1.807, 2.05) is 6.92 Å². The smallest absolute Gasteiger partial charge is 0.341 e. The first kappa shape index (κ1) is 23.9. The number of methoxy groups -OCH3 is 1. The lowest BCUT2D eigenvalue weighted by atomic mass is 10.2. The fraction of sp³-hybridized carbons (Fsp3) is 0.269. The third-order valence-corrected chi connectivity index (χ3v) is 5.56. The van der Waals surface area contributed by atoms with E-state index in [2.05, 4.69) is 9.98 Å². The minimum absolute atomic E-state index is 0.0343. The van der Waals surface area contributed by atoms with E-state index in [0.717, 1.165) is 12.8 Å². The molecule has 3 heterocycles. The van der Waals surface area contributed by atoms with Gasteiger partial charge in [-0.05, 0) is 55.8 Å². The summed E-state index contributed by atoms with van der Waals surface area (Å²) < 4.78 is 13.5. The molecular formula is C26H26N4O5. The molecule has 9 nitrogen and oxygen atoms in total. The van der Waals surface area contributed by atoms with Gasteiger partial charge in [0.05, 0.1) is 19.1 Å². The van der Waals surface area contributed by atoms with Crippen LogP contribution in [-0.2, 0) is 11.3 Å². The van der Waals surface area contributed by atoms with Crippen LogP contribution in [0, 0.1) is 0 Å². The zero-order valence-electron chi connectivity index (χ0n) is 19.9. The average Bonchev–Trinajstić information content (AvgIpc) is 2.88. The minimum Gasteiger partial charge on any atom is -0.497 e. The molecular weight excluding hydrogens is 448 g/mol. The number of rotatable bonds is 7. The van der Waals surface area contributed by atoms with E-state index in [0.29, 0.717) is 29.2 Å². The van der Waals surface area contributed by atoms with Crippen LogP contribution in [0.25, 0.3) is 16.7 Å². The largest absolute Gasteiger partial charge is 0.497 e. The summed E-state index contributed by atoms with van der Waals surface area (Å²) in [5, 5.41) is 0.240. The Balaban J connectivity index is 2.07. The molecule has 9 heteroatoms. The molecule has 0 N–H and O–H groups in total.